The molecule has 0 saturated carbocycles. The average Bonchev–Trinajstić information content (AvgIpc) is 2.93. The lowest BCUT2D eigenvalue weighted by molar-refractivity contribution is 0.174. The maximum atomic E-state index is 5.74. The fourth-order valence-electron chi connectivity index (χ4n) is 1.93. The zero-order valence-electron chi connectivity index (χ0n) is 12.1. The fourth-order valence-corrected chi connectivity index (χ4v) is 1.93. The Labute approximate surface area is 122 Å². The Morgan fingerprint density at radius 1 is 1.00 bits per heavy atom. The quantitative estimate of drug-likeness (QED) is 0.895. The lowest BCUT2D eigenvalue weighted by Gasteiger charge is -2.19. The molecule has 1 aliphatic rings. The summed E-state index contributed by atoms with van der Waals surface area (Å²) < 4.78 is 10.7. The van der Waals surface area contributed by atoms with Crippen LogP contribution in [0.2, 0.25) is 0 Å². The highest BCUT2D eigenvalue weighted by Gasteiger charge is 2.17. The topological polar surface area (TPSA) is 89.6 Å². The van der Waals surface area contributed by atoms with Crippen molar-refractivity contribution in [1.29, 1.82) is 0 Å². The molecule has 1 aromatic carbocycles. The van der Waals surface area contributed by atoms with Crippen LogP contribution in [0.4, 0.5) is 23.5 Å². The molecule has 110 valence electrons. The zero-order valence-corrected chi connectivity index (χ0v) is 12.1. The number of hydrogen-bond acceptors (Lipinski definition) is 8. The molecule has 2 N–H and O–H groups in total. The SMILES string of the molecule is CN(C)c1nc(N)nc(N(C)c2ccc3c(c2)OCO3)n1. The normalized spacial score (nSPS) is 12.3. The highest BCUT2D eigenvalue weighted by atomic mass is 16.7. The minimum absolute atomic E-state index is 0.177. The van der Waals surface area contributed by atoms with E-state index in [0.717, 1.165) is 11.4 Å². The fraction of sp³-hybridized carbons (Fsp3) is 0.308. The summed E-state index contributed by atoms with van der Waals surface area (Å²) >= 11 is 0. The molecule has 0 unspecified atom stereocenters. The van der Waals surface area contributed by atoms with Gasteiger partial charge in [0.15, 0.2) is 11.5 Å². The van der Waals surface area contributed by atoms with Crippen molar-refractivity contribution >= 4 is 23.5 Å². The Kier molecular flexibility index (Phi) is 3.13. The van der Waals surface area contributed by atoms with Crippen LogP contribution < -0.4 is 25.0 Å². The highest BCUT2D eigenvalue weighted by molar-refractivity contribution is 5.63. The van der Waals surface area contributed by atoms with E-state index in [-0.39, 0.29) is 12.7 Å². The number of nitrogens with zero attached hydrogens (tertiary/aromatic N) is 5. The van der Waals surface area contributed by atoms with Crippen molar-refractivity contribution in [2.24, 2.45) is 0 Å². The van der Waals surface area contributed by atoms with Gasteiger partial charge in [-0.25, -0.2) is 0 Å². The van der Waals surface area contributed by atoms with Gasteiger partial charge in [0.05, 0.1) is 0 Å². The lowest BCUT2D eigenvalue weighted by Crippen LogP contribution is -2.19. The van der Waals surface area contributed by atoms with Gasteiger partial charge >= 0.3 is 0 Å². The summed E-state index contributed by atoms with van der Waals surface area (Å²) in [5.41, 5.74) is 6.61. The van der Waals surface area contributed by atoms with Gasteiger partial charge in [-0.3, -0.25) is 0 Å². The average molecular weight is 288 g/mol. The molecular weight excluding hydrogens is 272 g/mol. The molecule has 0 saturated heterocycles. The Bertz CT molecular complexity index is 676. The van der Waals surface area contributed by atoms with Crippen molar-refractivity contribution in [3.05, 3.63) is 18.2 Å². The molecule has 0 bridgehead atoms. The van der Waals surface area contributed by atoms with E-state index < -0.39 is 0 Å². The van der Waals surface area contributed by atoms with Gasteiger partial charge in [0.1, 0.15) is 0 Å². The maximum absolute atomic E-state index is 5.74. The maximum Gasteiger partial charge on any atom is 0.236 e. The number of anilines is 4. The van der Waals surface area contributed by atoms with Crippen LogP contribution in [-0.2, 0) is 0 Å². The molecule has 3 rings (SSSR count). The van der Waals surface area contributed by atoms with Crippen LogP contribution in [0.5, 0.6) is 11.5 Å². The summed E-state index contributed by atoms with van der Waals surface area (Å²) in [6.45, 7) is 0.242. The van der Waals surface area contributed by atoms with Crippen molar-refractivity contribution in [3.63, 3.8) is 0 Å². The first kappa shape index (κ1) is 13.2. The number of fused-ring (bicyclic) bond motifs is 1. The Morgan fingerprint density at radius 3 is 2.48 bits per heavy atom. The molecule has 0 fully saturated rings. The molecule has 0 amide bonds. The van der Waals surface area contributed by atoms with E-state index >= 15 is 0 Å². The van der Waals surface area contributed by atoms with Crippen LogP contribution in [0.25, 0.3) is 0 Å². The van der Waals surface area contributed by atoms with E-state index in [0.29, 0.717) is 17.6 Å². The molecule has 0 radical (unpaired) electrons. The predicted octanol–water partition coefficient (Wildman–Crippen LogP) is 1.02. The standard InChI is InChI=1S/C13H16N6O2/c1-18(2)12-15-11(14)16-13(17-12)19(3)8-4-5-9-10(6-8)21-7-20-9/h4-6H,7H2,1-3H3,(H2,14,15,16,17). The van der Waals surface area contributed by atoms with Crippen LogP contribution in [-0.4, -0.2) is 42.9 Å². The number of hydrogen-bond donors (Lipinski definition) is 1. The van der Waals surface area contributed by atoms with Crippen LogP contribution in [0.15, 0.2) is 18.2 Å². The monoisotopic (exact) mass is 288 g/mol. The van der Waals surface area contributed by atoms with Gasteiger partial charge in [-0.1, -0.05) is 0 Å². The van der Waals surface area contributed by atoms with Crippen molar-refractivity contribution in [2.75, 3.05) is 43.5 Å². The Balaban J connectivity index is 1.96. The van der Waals surface area contributed by atoms with Crippen LogP contribution in [0.1, 0.15) is 0 Å². The summed E-state index contributed by atoms with van der Waals surface area (Å²) in [5, 5.41) is 0. The molecule has 2 heterocycles. The molecule has 21 heavy (non-hydrogen) atoms. The summed E-state index contributed by atoms with van der Waals surface area (Å²) in [6, 6.07) is 5.63. The molecule has 0 atom stereocenters. The van der Waals surface area contributed by atoms with Gasteiger partial charge in [0, 0.05) is 32.9 Å². The largest absolute Gasteiger partial charge is 0.454 e. The van der Waals surface area contributed by atoms with E-state index in [1.54, 1.807) is 4.90 Å². The van der Waals surface area contributed by atoms with Gasteiger partial charge in [-0.05, 0) is 12.1 Å². The third kappa shape index (κ3) is 2.47. The summed E-state index contributed by atoms with van der Waals surface area (Å²) in [4.78, 5) is 16.2. The van der Waals surface area contributed by atoms with E-state index in [4.69, 9.17) is 15.2 Å². The van der Waals surface area contributed by atoms with E-state index in [1.807, 2.05) is 44.2 Å². The number of nitrogen functional groups attached to an aromatic ring is 1. The van der Waals surface area contributed by atoms with Crippen molar-refractivity contribution in [3.8, 4) is 11.5 Å². The van der Waals surface area contributed by atoms with Gasteiger partial charge in [-0.2, -0.15) is 15.0 Å². The first-order chi connectivity index (χ1) is 10.0. The molecule has 1 aliphatic heterocycles. The second-order valence-electron chi connectivity index (χ2n) is 4.78. The van der Waals surface area contributed by atoms with Crippen molar-refractivity contribution < 1.29 is 9.47 Å². The Hall–Kier alpha value is -2.77. The lowest BCUT2D eigenvalue weighted by atomic mass is 10.2. The molecular formula is C13H16N6O2. The van der Waals surface area contributed by atoms with Gasteiger partial charge in [-0.15, -0.1) is 0 Å². The van der Waals surface area contributed by atoms with E-state index in [2.05, 4.69) is 15.0 Å². The number of aromatic nitrogens is 3. The van der Waals surface area contributed by atoms with E-state index in [1.165, 1.54) is 0 Å². The van der Waals surface area contributed by atoms with Crippen molar-refractivity contribution in [1.82, 2.24) is 15.0 Å². The van der Waals surface area contributed by atoms with Crippen molar-refractivity contribution in [2.45, 2.75) is 0 Å². The third-order valence-electron chi connectivity index (χ3n) is 3.07. The molecule has 0 aliphatic carbocycles. The molecule has 0 spiro atoms. The first-order valence-corrected chi connectivity index (χ1v) is 6.37. The van der Waals surface area contributed by atoms with Gasteiger partial charge in [0.25, 0.3) is 0 Å². The third-order valence-corrected chi connectivity index (χ3v) is 3.07. The predicted molar refractivity (Wildman–Crippen MR) is 79.2 cm³/mol. The van der Waals surface area contributed by atoms with E-state index in [9.17, 15) is 0 Å². The summed E-state index contributed by atoms with van der Waals surface area (Å²) in [7, 11) is 5.55. The zero-order chi connectivity index (χ0) is 15.0. The minimum Gasteiger partial charge on any atom is -0.454 e. The first-order valence-electron chi connectivity index (χ1n) is 6.37. The second-order valence-corrected chi connectivity index (χ2v) is 4.78. The number of rotatable bonds is 3. The Morgan fingerprint density at radius 2 is 1.71 bits per heavy atom. The number of benzene rings is 1. The van der Waals surface area contributed by atoms with Crippen LogP contribution >= 0.6 is 0 Å². The van der Waals surface area contributed by atoms with Crippen LogP contribution in [0.3, 0.4) is 0 Å². The van der Waals surface area contributed by atoms with Crippen LogP contribution in [0, 0.1) is 0 Å². The second kappa shape index (κ2) is 4.97. The molecule has 8 heteroatoms. The minimum atomic E-state index is 0.177. The summed E-state index contributed by atoms with van der Waals surface area (Å²) in [5.74, 6) is 2.58. The molecule has 1 aromatic heterocycles. The summed E-state index contributed by atoms with van der Waals surface area (Å²) in [6.07, 6.45) is 0. The number of nitrogens with two attached hydrogens (primary N) is 1. The van der Waals surface area contributed by atoms with Gasteiger partial charge < -0.3 is 25.0 Å². The molecule has 2 aromatic rings. The smallest absolute Gasteiger partial charge is 0.236 e. The number of ether oxygens (including phenoxy) is 2. The highest BCUT2D eigenvalue weighted by Crippen LogP contribution is 2.36. The van der Waals surface area contributed by atoms with Gasteiger partial charge in [0.2, 0.25) is 24.6 Å². The molecule has 8 nitrogen and oxygen atoms in total.